The molecule has 2 rings (SSSR count). The van der Waals surface area contributed by atoms with Crippen LogP contribution in [0.25, 0.3) is 0 Å². The summed E-state index contributed by atoms with van der Waals surface area (Å²) in [7, 11) is 2.07. The lowest BCUT2D eigenvalue weighted by atomic mass is 10.1. The lowest BCUT2D eigenvalue weighted by Gasteiger charge is -2.20. The molecule has 1 unspecified atom stereocenters. The van der Waals surface area contributed by atoms with Crippen LogP contribution in [0.5, 0.6) is 0 Å². The molecule has 4 heteroatoms. The number of aromatic nitrogens is 1. The fraction of sp³-hybridized carbons (Fsp3) is 0.312. The number of nitrogens with zero attached hydrogens (tertiary/aromatic N) is 2. The van der Waals surface area contributed by atoms with Crippen molar-refractivity contribution in [3.63, 3.8) is 0 Å². The van der Waals surface area contributed by atoms with Crippen molar-refractivity contribution < 1.29 is 0 Å². The van der Waals surface area contributed by atoms with E-state index in [4.69, 9.17) is 5.73 Å². The van der Waals surface area contributed by atoms with E-state index in [1.54, 1.807) is 0 Å². The number of halogens is 1. The summed E-state index contributed by atoms with van der Waals surface area (Å²) < 4.78 is 1.05. The molecule has 0 spiro atoms. The minimum Gasteiger partial charge on any atom is -0.369 e. The van der Waals surface area contributed by atoms with Gasteiger partial charge in [0.25, 0.3) is 0 Å². The van der Waals surface area contributed by atoms with Crippen molar-refractivity contribution in [2.24, 2.45) is 5.73 Å². The molecule has 106 valence electrons. The Kier molecular flexibility index (Phi) is 4.78. The van der Waals surface area contributed by atoms with Crippen molar-refractivity contribution in [1.29, 1.82) is 0 Å². The predicted octanol–water partition coefficient (Wildman–Crippen LogP) is 3.81. The number of rotatable bonds is 4. The molecule has 20 heavy (non-hydrogen) atoms. The van der Waals surface area contributed by atoms with Crippen LogP contribution >= 0.6 is 15.9 Å². The van der Waals surface area contributed by atoms with Crippen molar-refractivity contribution in [3.05, 3.63) is 57.8 Å². The van der Waals surface area contributed by atoms with E-state index in [1.165, 1.54) is 0 Å². The van der Waals surface area contributed by atoms with E-state index in [2.05, 4.69) is 57.1 Å². The molecule has 0 fully saturated rings. The van der Waals surface area contributed by atoms with E-state index in [0.29, 0.717) is 0 Å². The Bertz CT molecular complexity index is 596. The molecule has 3 nitrogen and oxygen atoms in total. The van der Waals surface area contributed by atoms with Gasteiger partial charge in [-0.1, -0.05) is 28.1 Å². The van der Waals surface area contributed by atoms with Gasteiger partial charge in [0.2, 0.25) is 0 Å². The van der Waals surface area contributed by atoms with Gasteiger partial charge in [-0.3, -0.25) is 4.98 Å². The van der Waals surface area contributed by atoms with Crippen molar-refractivity contribution in [2.75, 3.05) is 11.9 Å². The van der Waals surface area contributed by atoms with Crippen LogP contribution in [0.1, 0.15) is 29.9 Å². The molecule has 0 aliphatic carbocycles. The Hall–Kier alpha value is -1.39. The molecular weight excluding hydrogens is 314 g/mol. The normalized spacial score (nSPS) is 12.2. The number of aryl methyl sites for hydroxylation is 1. The largest absolute Gasteiger partial charge is 0.369 e. The zero-order valence-corrected chi connectivity index (χ0v) is 13.7. The van der Waals surface area contributed by atoms with Gasteiger partial charge >= 0.3 is 0 Å². The maximum atomic E-state index is 5.93. The summed E-state index contributed by atoms with van der Waals surface area (Å²) in [5, 5.41) is 0. The minimum absolute atomic E-state index is 0.0298. The van der Waals surface area contributed by atoms with Gasteiger partial charge in [0.15, 0.2) is 0 Å². The molecule has 1 aromatic heterocycles. The second kappa shape index (κ2) is 6.37. The van der Waals surface area contributed by atoms with Crippen molar-refractivity contribution >= 4 is 21.6 Å². The zero-order chi connectivity index (χ0) is 14.7. The average molecular weight is 334 g/mol. The summed E-state index contributed by atoms with van der Waals surface area (Å²) in [6, 6.07) is 12.4. The van der Waals surface area contributed by atoms with Gasteiger partial charge in [-0.15, -0.1) is 0 Å². The summed E-state index contributed by atoms with van der Waals surface area (Å²) in [6.07, 6.45) is 0. The molecule has 1 heterocycles. The van der Waals surface area contributed by atoms with Crippen LogP contribution in [0.15, 0.2) is 40.9 Å². The number of anilines is 1. The van der Waals surface area contributed by atoms with Gasteiger partial charge in [-0.25, -0.2) is 0 Å². The predicted molar refractivity (Wildman–Crippen MR) is 87.8 cm³/mol. The molecule has 0 bridgehead atoms. The average Bonchev–Trinajstić information content (AvgIpc) is 2.38. The van der Waals surface area contributed by atoms with Crippen LogP contribution in [0, 0.1) is 6.92 Å². The molecule has 0 saturated heterocycles. The number of benzene rings is 1. The van der Waals surface area contributed by atoms with Crippen molar-refractivity contribution in [2.45, 2.75) is 26.4 Å². The maximum absolute atomic E-state index is 5.93. The third kappa shape index (κ3) is 3.58. The molecule has 0 aliphatic rings. The fourth-order valence-corrected chi connectivity index (χ4v) is 2.87. The Labute approximate surface area is 129 Å². The molecule has 0 aliphatic heterocycles. The van der Waals surface area contributed by atoms with Gasteiger partial charge in [0, 0.05) is 28.9 Å². The number of pyridine rings is 1. The van der Waals surface area contributed by atoms with Crippen LogP contribution in [0.2, 0.25) is 0 Å². The van der Waals surface area contributed by atoms with Crippen molar-refractivity contribution in [3.8, 4) is 0 Å². The quantitative estimate of drug-likeness (QED) is 0.925. The van der Waals surface area contributed by atoms with Crippen LogP contribution < -0.4 is 10.6 Å². The second-order valence-corrected chi connectivity index (χ2v) is 5.98. The summed E-state index contributed by atoms with van der Waals surface area (Å²) in [5.41, 5.74) is 10.3. The molecule has 0 saturated carbocycles. The zero-order valence-electron chi connectivity index (χ0n) is 12.1. The van der Waals surface area contributed by atoms with Gasteiger partial charge in [0.05, 0.1) is 12.2 Å². The number of nitrogens with two attached hydrogens (primary N) is 1. The highest BCUT2D eigenvalue weighted by Crippen LogP contribution is 2.27. The van der Waals surface area contributed by atoms with E-state index < -0.39 is 0 Å². The Morgan fingerprint density at radius 2 is 2.05 bits per heavy atom. The Morgan fingerprint density at radius 3 is 2.65 bits per heavy atom. The van der Waals surface area contributed by atoms with E-state index in [1.807, 2.05) is 26.0 Å². The smallest absolute Gasteiger partial charge is 0.0600 e. The Morgan fingerprint density at radius 1 is 1.30 bits per heavy atom. The van der Waals surface area contributed by atoms with Gasteiger partial charge in [-0.2, -0.15) is 0 Å². The number of hydrogen-bond donors (Lipinski definition) is 1. The van der Waals surface area contributed by atoms with E-state index in [0.717, 1.165) is 33.7 Å². The minimum atomic E-state index is 0.0298. The SMILES string of the molecule is Cc1cccc(CN(C)c2ccc(C(C)N)c(Br)c2)n1. The van der Waals surface area contributed by atoms with Crippen LogP contribution in [0.4, 0.5) is 5.69 Å². The third-order valence-corrected chi connectivity index (χ3v) is 3.95. The molecule has 2 aromatic rings. The molecule has 2 N–H and O–H groups in total. The summed E-state index contributed by atoms with van der Waals surface area (Å²) in [6.45, 7) is 4.78. The molecule has 0 radical (unpaired) electrons. The highest BCUT2D eigenvalue weighted by Gasteiger charge is 2.09. The molecule has 0 amide bonds. The van der Waals surface area contributed by atoms with Gasteiger partial charge in [0.1, 0.15) is 0 Å². The first kappa shape index (κ1) is 15.0. The fourth-order valence-electron chi connectivity index (χ4n) is 2.14. The van der Waals surface area contributed by atoms with Crippen LogP contribution in [-0.2, 0) is 6.54 Å². The first-order valence-corrected chi connectivity index (χ1v) is 7.45. The third-order valence-electron chi connectivity index (χ3n) is 3.26. The van der Waals surface area contributed by atoms with Crippen molar-refractivity contribution in [1.82, 2.24) is 4.98 Å². The van der Waals surface area contributed by atoms with E-state index in [9.17, 15) is 0 Å². The monoisotopic (exact) mass is 333 g/mol. The second-order valence-electron chi connectivity index (χ2n) is 5.12. The Balaban J connectivity index is 2.17. The number of hydrogen-bond acceptors (Lipinski definition) is 3. The van der Waals surface area contributed by atoms with E-state index in [-0.39, 0.29) is 6.04 Å². The molecule has 1 aromatic carbocycles. The van der Waals surface area contributed by atoms with Crippen LogP contribution in [0.3, 0.4) is 0 Å². The van der Waals surface area contributed by atoms with Gasteiger partial charge in [-0.05, 0) is 43.7 Å². The molecular formula is C16H20BrN3. The lowest BCUT2D eigenvalue weighted by Crippen LogP contribution is -2.17. The summed E-state index contributed by atoms with van der Waals surface area (Å²) in [5.74, 6) is 0. The topological polar surface area (TPSA) is 42.1 Å². The standard InChI is InChI=1S/C16H20BrN3/c1-11-5-4-6-13(19-11)10-20(3)14-7-8-15(12(2)18)16(17)9-14/h4-9,12H,10,18H2,1-3H3. The highest BCUT2D eigenvalue weighted by atomic mass is 79.9. The van der Waals surface area contributed by atoms with E-state index >= 15 is 0 Å². The molecule has 1 atom stereocenters. The van der Waals surface area contributed by atoms with Gasteiger partial charge < -0.3 is 10.6 Å². The summed E-state index contributed by atoms with van der Waals surface area (Å²) >= 11 is 3.59. The van der Waals surface area contributed by atoms with Crippen LogP contribution in [-0.4, -0.2) is 12.0 Å². The highest BCUT2D eigenvalue weighted by molar-refractivity contribution is 9.10. The lowest BCUT2D eigenvalue weighted by molar-refractivity contribution is 0.811. The first-order valence-electron chi connectivity index (χ1n) is 6.66. The maximum Gasteiger partial charge on any atom is 0.0600 e. The first-order chi connectivity index (χ1) is 9.47. The summed E-state index contributed by atoms with van der Waals surface area (Å²) in [4.78, 5) is 6.71.